The summed E-state index contributed by atoms with van der Waals surface area (Å²) in [6, 6.07) is 2.04. The minimum atomic E-state index is -0.541. The number of ether oxygens (including phenoxy) is 1. The SMILES string of the molecule is COC(=O)c1ncn(Cc2csc(-c3ccsc3)n2)n1. The summed E-state index contributed by atoms with van der Waals surface area (Å²) >= 11 is 3.23. The van der Waals surface area contributed by atoms with Gasteiger partial charge in [-0.1, -0.05) is 0 Å². The number of methoxy groups -OCH3 is 1. The number of carbonyl (C=O) groups is 1. The number of hydrogen-bond donors (Lipinski definition) is 0. The Morgan fingerprint density at radius 2 is 2.35 bits per heavy atom. The lowest BCUT2D eigenvalue weighted by molar-refractivity contribution is 0.0586. The molecule has 3 aromatic heterocycles. The molecule has 20 heavy (non-hydrogen) atoms. The Morgan fingerprint density at radius 3 is 3.10 bits per heavy atom. The molecule has 0 saturated carbocycles. The van der Waals surface area contributed by atoms with Gasteiger partial charge in [0.1, 0.15) is 11.3 Å². The van der Waals surface area contributed by atoms with E-state index in [2.05, 4.69) is 25.2 Å². The van der Waals surface area contributed by atoms with Crippen LogP contribution in [0.1, 0.15) is 16.3 Å². The first kappa shape index (κ1) is 12.9. The predicted octanol–water partition coefficient (Wildman–Crippen LogP) is 2.30. The van der Waals surface area contributed by atoms with Crippen molar-refractivity contribution < 1.29 is 9.53 Å². The molecule has 102 valence electrons. The minimum absolute atomic E-state index is 0.0563. The molecule has 0 aliphatic heterocycles. The summed E-state index contributed by atoms with van der Waals surface area (Å²) in [4.78, 5) is 19.7. The molecule has 0 amide bonds. The van der Waals surface area contributed by atoms with Gasteiger partial charge in [-0.05, 0) is 11.4 Å². The number of nitrogens with zero attached hydrogens (tertiary/aromatic N) is 4. The van der Waals surface area contributed by atoms with Crippen LogP contribution in [-0.4, -0.2) is 32.8 Å². The zero-order chi connectivity index (χ0) is 13.9. The van der Waals surface area contributed by atoms with E-state index in [9.17, 15) is 4.79 Å². The van der Waals surface area contributed by atoms with Gasteiger partial charge < -0.3 is 4.74 Å². The van der Waals surface area contributed by atoms with Crippen LogP contribution < -0.4 is 0 Å². The van der Waals surface area contributed by atoms with Crippen molar-refractivity contribution in [2.75, 3.05) is 7.11 Å². The number of esters is 1. The Labute approximate surface area is 122 Å². The molecule has 0 spiro atoms. The first-order chi connectivity index (χ1) is 9.76. The number of thiophene rings is 1. The van der Waals surface area contributed by atoms with Crippen molar-refractivity contribution in [3.05, 3.63) is 40.1 Å². The van der Waals surface area contributed by atoms with Crippen LogP contribution in [0.5, 0.6) is 0 Å². The zero-order valence-electron chi connectivity index (χ0n) is 10.5. The molecule has 0 aliphatic carbocycles. The molecule has 0 aliphatic rings. The highest BCUT2D eigenvalue weighted by molar-refractivity contribution is 7.14. The summed E-state index contributed by atoms with van der Waals surface area (Å²) in [6.45, 7) is 0.477. The van der Waals surface area contributed by atoms with E-state index < -0.39 is 5.97 Å². The van der Waals surface area contributed by atoms with E-state index in [1.165, 1.54) is 13.4 Å². The van der Waals surface area contributed by atoms with E-state index >= 15 is 0 Å². The van der Waals surface area contributed by atoms with Crippen LogP contribution >= 0.6 is 22.7 Å². The molecule has 3 heterocycles. The average molecular weight is 306 g/mol. The third-order valence-electron chi connectivity index (χ3n) is 2.55. The summed E-state index contributed by atoms with van der Waals surface area (Å²) in [6.07, 6.45) is 1.50. The highest BCUT2D eigenvalue weighted by Crippen LogP contribution is 2.25. The van der Waals surface area contributed by atoms with Crippen LogP contribution in [0.15, 0.2) is 28.5 Å². The number of thiazole rings is 1. The van der Waals surface area contributed by atoms with Gasteiger partial charge in [-0.2, -0.15) is 11.3 Å². The van der Waals surface area contributed by atoms with Gasteiger partial charge in [-0.3, -0.25) is 0 Å². The molecule has 3 aromatic rings. The molecule has 6 nitrogen and oxygen atoms in total. The average Bonchev–Trinajstić information content (AvgIpc) is 3.19. The van der Waals surface area contributed by atoms with Gasteiger partial charge in [0.15, 0.2) is 0 Å². The van der Waals surface area contributed by atoms with Crippen molar-refractivity contribution in [2.45, 2.75) is 6.54 Å². The summed E-state index contributed by atoms with van der Waals surface area (Å²) in [5.74, 6) is -0.484. The lowest BCUT2D eigenvalue weighted by Gasteiger charge is -1.95. The van der Waals surface area contributed by atoms with Gasteiger partial charge >= 0.3 is 5.97 Å². The van der Waals surface area contributed by atoms with Gasteiger partial charge in [0.2, 0.25) is 0 Å². The van der Waals surface area contributed by atoms with Crippen molar-refractivity contribution in [3.8, 4) is 10.6 Å². The van der Waals surface area contributed by atoms with E-state index in [1.54, 1.807) is 27.4 Å². The Morgan fingerprint density at radius 1 is 1.45 bits per heavy atom. The van der Waals surface area contributed by atoms with Crippen molar-refractivity contribution in [1.29, 1.82) is 0 Å². The number of hydrogen-bond acceptors (Lipinski definition) is 7. The van der Waals surface area contributed by atoms with Crippen molar-refractivity contribution in [2.24, 2.45) is 0 Å². The first-order valence-electron chi connectivity index (χ1n) is 5.71. The quantitative estimate of drug-likeness (QED) is 0.692. The molecule has 8 heteroatoms. The van der Waals surface area contributed by atoms with Crippen LogP contribution in [0.4, 0.5) is 0 Å². The second kappa shape index (κ2) is 5.51. The maximum atomic E-state index is 11.3. The minimum Gasteiger partial charge on any atom is -0.463 e. The summed E-state index contributed by atoms with van der Waals surface area (Å²) in [5.41, 5.74) is 2.01. The largest absolute Gasteiger partial charge is 0.463 e. The normalized spacial score (nSPS) is 10.7. The molecule has 0 saturated heterocycles. The predicted molar refractivity (Wildman–Crippen MR) is 75.9 cm³/mol. The Bertz CT molecular complexity index is 717. The molecule has 3 rings (SSSR count). The van der Waals surface area contributed by atoms with Crippen molar-refractivity contribution in [3.63, 3.8) is 0 Å². The molecule has 0 atom stereocenters. The third kappa shape index (κ3) is 2.61. The molecule has 0 aromatic carbocycles. The van der Waals surface area contributed by atoms with E-state index in [4.69, 9.17) is 0 Å². The zero-order valence-corrected chi connectivity index (χ0v) is 12.1. The lowest BCUT2D eigenvalue weighted by Crippen LogP contribution is -2.06. The van der Waals surface area contributed by atoms with Crippen molar-refractivity contribution in [1.82, 2.24) is 19.7 Å². The lowest BCUT2D eigenvalue weighted by atomic mass is 10.3. The Kier molecular flexibility index (Phi) is 3.57. The number of rotatable bonds is 4. The topological polar surface area (TPSA) is 69.9 Å². The number of carbonyl (C=O) groups excluding carboxylic acids is 1. The first-order valence-corrected chi connectivity index (χ1v) is 7.53. The molecule has 0 bridgehead atoms. The standard InChI is InChI=1S/C12H10N4O2S2/c1-18-12(17)10-13-7-16(15-10)4-9-6-20-11(14-9)8-2-3-19-5-8/h2-3,5-7H,4H2,1H3. The second-order valence-corrected chi connectivity index (χ2v) is 5.55. The monoisotopic (exact) mass is 306 g/mol. The fraction of sp³-hybridized carbons (Fsp3) is 0.167. The summed E-state index contributed by atoms with van der Waals surface area (Å²) in [5, 5.41) is 11.1. The highest BCUT2D eigenvalue weighted by atomic mass is 32.1. The maximum Gasteiger partial charge on any atom is 0.377 e. The van der Waals surface area contributed by atoms with Crippen LogP contribution in [0.3, 0.4) is 0 Å². The highest BCUT2D eigenvalue weighted by Gasteiger charge is 2.12. The fourth-order valence-electron chi connectivity index (χ4n) is 1.62. The van der Waals surface area contributed by atoms with E-state index in [0.29, 0.717) is 6.54 Å². The Hall–Kier alpha value is -2.06. The van der Waals surface area contributed by atoms with Gasteiger partial charge in [0, 0.05) is 16.3 Å². The van der Waals surface area contributed by atoms with Gasteiger partial charge in [-0.25, -0.2) is 19.4 Å². The fourth-order valence-corrected chi connectivity index (χ4v) is 3.14. The maximum absolute atomic E-state index is 11.3. The van der Waals surface area contributed by atoms with Crippen LogP contribution in [0, 0.1) is 0 Å². The summed E-state index contributed by atoms with van der Waals surface area (Å²) in [7, 11) is 1.30. The molecule has 0 unspecified atom stereocenters. The molecule has 0 fully saturated rings. The Balaban J connectivity index is 1.75. The molecular formula is C12H10N4O2S2. The molecule has 0 radical (unpaired) electrons. The van der Waals surface area contributed by atoms with E-state index in [0.717, 1.165) is 16.3 Å². The summed E-state index contributed by atoms with van der Waals surface area (Å²) < 4.78 is 6.13. The number of aromatic nitrogens is 4. The van der Waals surface area contributed by atoms with Crippen LogP contribution in [-0.2, 0) is 11.3 Å². The molecule has 0 N–H and O–H groups in total. The van der Waals surface area contributed by atoms with Crippen molar-refractivity contribution >= 4 is 28.6 Å². The second-order valence-electron chi connectivity index (χ2n) is 3.91. The molecular weight excluding hydrogens is 296 g/mol. The van der Waals surface area contributed by atoms with Gasteiger partial charge in [-0.15, -0.1) is 16.4 Å². The third-order valence-corrected chi connectivity index (χ3v) is 4.17. The smallest absolute Gasteiger partial charge is 0.377 e. The van der Waals surface area contributed by atoms with Gasteiger partial charge in [0.05, 0.1) is 19.3 Å². The van der Waals surface area contributed by atoms with E-state index in [1.807, 2.05) is 16.8 Å². The van der Waals surface area contributed by atoms with Crippen LogP contribution in [0.2, 0.25) is 0 Å². The van der Waals surface area contributed by atoms with Gasteiger partial charge in [0.25, 0.3) is 5.82 Å². The van der Waals surface area contributed by atoms with Crippen LogP contribution in [0.25, 0.3) is 10.6 Å². The van der Waals surface area contributed by atoms with E-state index in [-0.39, 0.29) is 5.82 Å².